The Bertz CT molecular complexity index is 1440. The maximum absolute atomic E-state index is 5.79. The molecule has 0 bridgehead atoms. The molecule has 12 nitrogen and oxygen atoms in total. The lowest BCUT2D eigenvalue weighted by molar-refractivity contribution is 1.11. The number of nitrogens with two attached hydrogens (primary N) is 4. The third-order valence-electron chi connectivity index (χ3n) is 5.34. The third kappa shape index (κ3) is 4.59. The summed E-state index contributed by atoms with van der Waals surface area (Å²) in [7, 11) is 0. The Morgan fingerprint density at radius 3 is 1.28 bits per heavy atom. The van der Waals surface area contributed by atoms with Crippen molar-refractivity contribution in [2.75, 3.05) is 22.9 Å². The van der Waals surface area contributed by atoms with Gasteiger partial charge in [0.1, 0.15) is 11.6 Å². The molecule has 0 spiro atoms. The minimum atomic E-state index is 0.193. The summed E-state index contributed by atoms with van der Waals surface area (Å²) >= 11 is 0. The third-order valence-corrected chi connectivity index (χ3v) is 5.34. The summed E-state index contributed by atoms with van der Waals surface area (Å²) in [4.78, 5) is 0. The largest absolute Gasteiger partial charge is 0.382 e. The van der Waals surface area contributed by atoms with Gasteiger partial charge in [-0.2, -0.15) is 20.4 Å². The van der Waals surface area contributed by atoms with Crippen molar-refractivity contribution in [3.05, 3.63) is 72.8 Å². The van der Waals surface area contributed by atoms with Crippen LogP contribution in [0.15, 0.2) is 93.3 Å². The van der Waals surface area contributed by atoms with Gasteiger partial charge in [-0.05, 0) is 52.6 Å². The second kappa shape index (κ2) is 9.38. The standard InChI is InChI=1S/C24H22N12/c25-21-19(22(26)34-33-21)31-29-17-8-2-6-15(11-17)13-4-1-5-14(10-13)16-7-3-9-18(12-16)30-32-20-23(27)35-36-24(20)28/h1-12H,(H5,25,26,33,34)(H5,27,28,35,36)/b31-29+,32-30+. The lowest BCUT2D eigenvalue weighted by Gasteiger charge is -2.07. The number of anilines is 4. The van der Waals surface area contributed by atoms with Crippen molar-refractivity contribution in [2.45, 2.75) is 0 Å². The van der Waals surface area contributed by atoms with Crippen LogP contribution in [-0.4, -0.2) is 20.4 Å². The highest BCUT2D eigenvalue weighted by atomic mass is 15.3. The van der Waals surface area contributed by atoms with E-state index in [4.69, 9.17) is 22.9 Å². The Balaban J connectivity index is 1.41. The fourth-order valence-corrected chi connectivity index (χ4v) is 3.53. The molecule has 178 valence electrons. The summed E-state index contributed by atoms with van der Waals surface area (Å²) < 4.78 is 0. The van der Waals surface area contributed by atoms with E-state index in [1.54, 1.807) is 0 Å². The number of benzene rings is 3. The second-order valence-electron chi connectivity index (χ2n) is 7.82. The average molecular weight is 479 g/mol. The van der Waals surface area contributed by atoms with Crippen LogP contribution < -0.4 is 22.9 Å². The van der Waals surface area contributed by atoms with Crippen LogP contribution in [0.1, 0.15) is 0 Å². The predicted octanol–water partition coefficient (Wildman–Crippen LogP) is 5.63. The number of hydrogen-bond donors (Lipinski definition) is 6. The molecule has 0 aliphatic carbocycles. The fraction of sp³-hybridized carbons (Fsp3) is 0. The van der Waals surface area contributed by atoms with Gasteiger partial charge >= 0.3 is 0 Å². The first-order valence-corrected chi connectivity index (χ1v) is 10.8. The smallest absolute Gasteiger partial charge is 0.175 e. The van der Waals surface area contributed by atoms with Gasteiger partial charge in [0.2, 0.25) is 0 Å². The number of rotatable bonds is 6. The molecule has 0 atom stereocenters. The van der Waals surface area contributed by atoms with E-state index < -0.39 is 0 Å². The minimum Gasteiger partial charge on any atom is -0.382 e. The van der Waals surface area contributed by atoms with Crippen molar-refractivity contribution in [1.82, 2.24) is 20.4 Å². The van der Waals surface area contributed by atoms with Crippen LogP contribution in [-0.2, 0) is 0 Å². The van der Waals surface area contributed by atoms with Crippen molar-refractivity contribution in [2.24, 2.45) is 20.5 Å². The Morgan fingerprint density at radius 2 is 0.889 bits per heavy atom. The van der Waals surface area contributed by atoms with Crippen LogP contribution in [0.4, 0.5) is 46.0 Å². The molecule has 0 saturated heterocycles. The molecule has 36 heavy (non-hydrogen) atoms. The van der Waals surface area contributed by atoms with Crippen molar-refractivity contribution in [3.63, 3.8) is 0 Å². The normalized spacial score (nSPS) is 11.6. The van der Waals surface area contributed by atoms with Gasteiger partial charge in [0.05, 0.1) is 11.4 Å². The Morgan fingerprint density at radius 1 is 0.500 bits per heavy atom. The van der Waals surface area contributed by atoms with Gasteiger partial charge in [-0.15, -0.1) is 10.2 Å². The van der Waals surface area contributed by atoms with E-state index >= 15 is 0 Å². The molecule has 0 amide bonds. The first-order chi connectivity index (χ1) is 17.5. The molecule has 3 aromatic carbocycles. The van der Waals surface area contributed by atoms with Crippen LogP contribution in [0, 0.1) is 0 Å². The predicted molar refractivity (Wildman–Crippen MR) is 140 cm³/mol. The molecular formula is C24H22N12. The average Bonchev–Trinajstić information content (AvgIpc) is 3.40. The minimum absolute atomic E-state index is 0.193. The van der Waals surface area contributed by atoms with Gasteiger partial charge in [0, 0.05) is 0 Å². The number of nitrogen functional groups attached to an aromatic ring is 4. The molecule has 12 heteroatoms. The van der Waals surface area contributed by atoms with E-state index in [2.05, 4.69) is 46.9 Å². The highest BCUT2D eigenvalue weighted by Crippen LogP contribution is 2.33. The maximum Gasteiger partial charge on any atom is 0.175 e. The number of aromatic nitrogens is 4. The van der Waals surface area contributed by atoms with Crippen LogP contribution in [0.3, 0.4) is 0 Å². The molecular weight excluding hydrogens is 456 g/mol. The van der Waals surface area contributed by atoms with Gasteiger partial charge in [0.15, 0.2) is 23.0 Å². The summed E-state index contributed by atoms with van der Waals surface area (Å²) in [5.41, 5.74) is 29.0. The van der Waals surface area contributed by atoms with Crippen LogP contribution in [0.2, 0.25) is 0 Å². The maximum atomic E-state index is 5.79. The van der Waals surface area contributed by atoms with Crippen LogP contribution in [0.5, 0.6) is 0 Å². The molecule has 2 aromatic heterocycles. The topological polar surface area (TPSA) is 211 Å². The monoisotopic (exact) mass is 478 g/mol. The summed E-state index contributed by atoms with van der Waals surface area (Å²) in [6, 6.07) is 23.5. The highest BCUT2D eigenvalue weighted by Gasteiger charge is 2.08. The van der Waals surface area contributed by atoms with Gasteiger partial charge in [0.25, 0.3) is 0 Å². The molecule has 10 N–H and O–H groups in total. The molecule has 0 saturated carbocycles. The Labute approximate surface area is 205 Å². The summed E-state index contributed by atoms with van der Waals surface area (Å²) in [5.74, 6) is 0.911. The van der Waals surface area contributed by atoms with Gasteiger partial charge in [-0.1, -0.05) is 42.5 Å². The second-order valence-corrected chi connectivity index (χ2v) is 7.82. The first-order valence-electron chi connectivity index (χ1n) is 10.8. The molecule has 0 aliphatic heterocycles. The number of aromatic amines is 2. The van der Waals surface area contributed by atoms with E-state index in [1.807, 2.05) is 66.7 Å². The van der Waals surface area contributed by atoms with E-state index in [0.29, 0.717) is 22.7 Å². The number of nitrogens with zero attached hydrogens (tertiary/aromatic N) is 6. The lowest BCUT2D eigenvalue weighted by atomic mass is 9.98. The van der Waals surface area contributed by atoms with Crippen LogP contribution in [0.25, 0.3) is 22.3 Å². The number of nitrogens with one attached hydrogen (secondary N) is 2. The van der Waals surface area contributed by atoms with Crippen molar-refractivity contribution >= 4 is 46.0 Å². The van der Waals surface area contributed by atoms with Crippen molar-refractivity contribution in [1.29, 1.82) is 0 Å². The number of hydrogen-bond acceptors (Lipinski definition) is 10. The molecule has 5 rings (SSSR count). The van der Waals surface area contributed by atoms with E-state index in [0.717, 1.165) is 22.3 Å². The zero-order valence-corrected chi connectivity index (χ0v) is 18.9. The summed E-state index contributed by atoms with van der Waals surface area (Å²) in [6.45, 7) is 0. The zero-order chi connectivity index (χ0) is 25.1. The number of H-pyrrole nitrogens is 2. The molecule has 0 radical (unpaired) electrons. The van der Waals surface area contributed by atoms with Crippen LogP contribution >= 0.6 is 0 Å². The Hall–Kier alpha value is -5.52. The molecule has 0 unspecified atom stereocenters. The van der Waals surface area contributed by atoms with Crippen molar-refractivity contribution in [3.8, 4) is 22.3 Å². The molecule has 0 aliphatic rings. The SMILES string of the molecule is Nc1n[nH]c(N)c1/N=N/c1cccc(-c2cccc(-c3cccc(/N=N/c4c(N)n[nH]c4N)c3)c2)c1. The summed E-state index contributed by atoms with van der Waals surface area (Å²) in [5, 5.41) is 29.6. The van der Waals surface area contributed by atoms with Gasteiger partial charge in [-0.25, -0.2) is 0 Å². The quantitative estimate of drug-likeness (QED) is 0.170. The van der Waals surface area contributed by atoms with E-state index in [9.17, 15) is 0 Å². The summed E-state index contributed by atoms with van der Waals surface area (Å²) in [6.07, 6.45) is 0. The fourth-order valence-electron chi connectivity index (χ4n) is 3.53. The first kappa shape index (κ1) is 22.3. The molecule has 0 fully saturated rings. The van der Waals surface area contributed by atoms with E-state index in [1.165, 1.54) is 0 Å². The van der Waals surface area contributed by atoms with E-state index in [-0.39, 0.29) is 23.3 Å². The van der Waals surface area contributed by atoms with Gasteiger partial charge in [-0.3, -0.25) is 10.2 Å². The lowest BCUT2D eigenvalue weighted by Crippen LogP contribution is -1.84. The van der Waals surface area contributed by atoms with Crippen molar-refractivity contribution < 1.29 is 0 Å². The zero-order valence-electron chi connectivity index (χ0n) is 18.9. The highest BCUT2D eigenvalue weighted by molar-refractivity contribution is 5.76. The Kier molecular flexibility index (Phi) is 5.81. The molecule has 5 aromatic rings. The van der Waals surface area contributed by atoms with Gasteiger partial charge < -0.3 is 22.9 Å². The number of azo groups is 2. The molecule has 2 heterocycles.